The number of hydrogen-bond acceptors (Lipinski definition) is 0. The monoisotopic (exact) mass is 254 g/mol. The lowest BCUT2D eigenvalue weighted by Gasteiger charge is -2.06. The Kier molecular flexibility index (Phi) is 6.43. The fourth-order valence-corrected chi connectivity index (χ4v) is 2.28. The van der Waals surface area contributed by atoms with Gasteiger partial charge in [-0.3, -0.25) is 0 Å². The summed E-state index contributed by atoms with van der Waals surface area (Å²) in [6.07, 6.45) is 4.10. The lowest BCUT2D eigenvalue weighted by atomic mass is 9.99. The predicted octanol–water partition coefficient (Wildman–Crippen LogP) is 5.23. The number of benzene rings is 1. The first-order chi connectivity index (χ1) is 9.00. The third-order valence-electron chi connectivity index (χ3n) is 3.51. The number of hydrogen-bond donors (Lipinski definition) is 0. The SMILES string of the molecule is C=C(C)C[C@@H](C)CC#CCCc1cccc(C)c1C. The van der Waals surface area contributed by atoms with E-state index in [1.165, 1.54) is 22.3 Å². The van der Waals surface area contributed by atoms with Crippen LogP contribution in [0.4, 0.5) is 0 Å². The van der Waals surface area contributed by atoms with Gasteiger partial charge < -0.3 is 0 Å². The molecule has 19 heavy (non-hydrogen) atoms. The van der Waals surface area contributed by atoms with Crippen molar-refractivity contribution >= 4 is 0 Å². The summed E-state index contributed by atoms with van der Waals surface area (Å²) in [7, 11) is 0. The van der Waals surface area contributed by atoms with Gasteiger partial charge in [0.25, 0.3) is 0 Å². The maximum atomic E-state index is 3.95. The zero-order chi connectivity index (χ0) is 14.3. The second-order valence-electron chi connectivity index (χ2n) is 5.68. The molecule has 0 aliphatic carbocycles. The summed E-state index contributed by atoms with van der Waals surface area (Å²) in [6.45, 7) is 12.7. The molecule has 0 fully saturated rings. The second-order valence-corrected chi connectivity index (χ2v) is 5.68. The smallest absolute Gasteiger partial charge is 0.0129 e. The first-order valence-corrected chi connectivity index (χ1v) is 7.16. The van der Waals surface area contributed by atoms with Gasteiger partial charge >= 0.3 is 0 Å². The molecule has 0 aliphatic rings. The van der Waals surface area contributed by atoms with Gasteiger partial charge in [-0.2, -0.15) is 0 Å². The molecule has 0 saturated carbocycles. The lowest BCUT2D eigenvalue weighted by Crippen LogP contribution is -1.93. The third-order valence-corrected chi connectivity index (χ3v) is 3.51. The average Bonchev–Trinajstić information content (AvgIpc) is 2.33. The van der Waals surface area contributed by atoms with E-state index in [4.69, 9.17) is 0 Å². The van der Waals surface area contributed by atoms with E-state index in [1.807, 2.05) is 0 Å². The van der Waals surface area contributed by atoms with E-state index < -0.39 is 0 Å². The van der Waals surface area contributed by atoms with Crippen LogP contribution in [0, 0.1) is 31.6 Å². The van der Waals surface area contributed by atoms with Crippen molar-refractivity contribution in [2.45, 2.75) is 53.4 Å². The first kappa shape index (κ1) is 15.6. The van der Waals surface area contributed by atoms with E-state index in [9.17, 15) is 0 Å². The van der Waals surface area contributed by atoms with E-state index in [0.29, 0.717) is 5.92 Å². The fourth-order valence-electron chi connectivity index (χ4n) is 2.28. The van der Waals surface area contributed by atoms with Crippen molar-refractivity contribution in [1.29, 1.82) is 0 Å². The Labute approximate surface area is 118 Å². The standard InChI is InChI=1S/C19H26/c1-15(2)14-16(3)10-7-6-8-12-19-13-9-11-17(4)18(19)5/h9,11,13,16H,1,8,10,12,14H2,2-5H3/t16-/m0/s1. The normalized spacial score (nSPS) is 11.6. The average molecular weight is 254 g/mol. The molecule has 0 radical (unpaired) electrons. The molecule has 0 nitrogen and oxygen atoms in total. The summed E-state index contributed by atoms with van der Waals surface area (Å²) in [5, 5.41) is 0. The van der Waals surface area contributed by atoms with E-state index >= 15 is 0 Å². The molecule has 102 valence electrons. The molecule has 0 aromatic heterocycles. The Bertz CT molecular complexity index is 482. The van der Waals surface area contributed by atoms with E-state index in [-0.39, 0.29) is 0 Å². The van der Waals surface area contributed by atoms with Gasteiger partial charge in [-0.1, -0.05) is 30.7 Å². The molecular weight excluding hydrogens is 228 g/mol. The summed E-state index contributed by atoms with van der Waals surface area (Å²) in [5.74, 6) is 7.24. The summed E-state index contributed by atoms with van der Waals surface area (Å²) in [6, 6.07) is 6.53. The van der Waals surface area contributed by atoms with Crippen LogP contribution in [0.3, 0.4) is 0 Å². The Morgan fingerprint density at radius 1 is 1.26 bits per heavy atom. The second kappa shape index (κ2) is 7.85. The van der Waals surface area contributed by atoms with Crippen molar-refractivity contribution in [2.24, 2.45) is 5.92 Å². The Hall–Kier alpha value is -1.48. The largest absolute Gasteiger partial charge is 0.103 e. The highest BCUT2D eigenvalue weighted by atomic mass is 14.1. The summed E-state index contributed by atoms with van der Waals surface area (Å²) in [5.41, 5.74) is 5.48. The van der Waals surface area contributed by atoms with Crippen LogP contribution in [0.25, 0.3) is 0 Å². The molecule has 1 rings (SSSR count). The van der Waals surface area contributed by atoms with Gasteiger partial charge in [0.1, 0.15) is 0 Å². The highest BCUT2D eigenvalue weighted by Crippen LogP contribution is 2.14. The van der Waals surface area contributed by atoms with Gasteiger partial charge in [0.05, 0.1) is 0 Å². The van der Waals surface area contributed by atoms with E-state index in [1.54, 1.807) is 0 Å². The number of aryl methyl sites for hydroxylation is 2. The van der Waals surface area contributed by atoms with Gasteiger partial charge in [-0.25, -0.2) is 0 Å². The number of rotatable bonds is 5. The molecule has 0 heterocycles. The minimum Gasteiger partial charge on any atom is -0.103 e. The zero-order valence-corrected chi connectivity index (χ0v) is 12.8. The minimum absolute atomic E-state index is 0.630. The van der Waals surface area contributed by atoms with Gasteiger partial charge in [0.15, 0.2) is 0 Å². The topological polar surface area (TPSA) is 0 Å². The van der Waals surface area contributed by atoms with Gasteiger partial charge in [0.2, 0.25) is 0 Å². The Balaban J connectivity index is 2.39. The van der Waals surface area contributed by atoms with Crippen molar-refractivity contribution in [3.8, 4) is 11.8 Å². The van der Waals surface area contributed by atoms with E-state index in [2.05, 4.69) is 64.3 Å². The van der Waals surface area contributed by atoms with Crippen molar-refractivity contribution in [3.05, 3.63) is 47.0 Å². The molecule has 0 saturated heterocycles. The molecule has 1 aromatic rings. The molecule has 1 aromatic carbocycles. The van der Waals surface area contributed by atoms with Gasteiger partial charge in [-0.05, 0) is 56.2 Å². The molecule has 0 amide bonds. The van der Waals surface area contributed by atoms with E-state index in [0.717, 1.165) is 25.7 Å². The van der Waals surface area contributed by atoms with Crippen LogP contribution in [-0.4, -0.2) is 0 Å². The number of allylic oxidation sites excluding steroid dienone is 1. The van der Waals surface area contributed by atoms with Crippen molar-refractivity contribution in [1.82, 2.24) is 0 Å². The van der Waals surface area contributed by atoms with Crippen molar-refractivity contribution in [3.63, 3.8) is 0 Å². The maximum Gasteiger partial charge on any atom is 0.0129 e. The predicted molar refractivity (Wildman–Crippen MR) is 85.2 cm³/mol. The summed E-state index contributed by atoms with van der Waals surface area (Å²) < 4.78 is 0. The Morgan fingerprint density at radius 3 is 2.68 bits per heavy atom. The molecule has 0 aliphatic heterocycles. The summed E-state index contributed by atoms with van der Waals surface area (Å²) >= 11 is 0. The van der Waals surface area contributed by atoms with Crippen LogP contribution < -0.4 is 0 Å². The minimum atomic E-state index is 0.630. The van der Waals surface area contributed by atoms with Crippen LogP contribution in [-0.2, 0) is 6.42 Å². The van der Waals surface area contributed by atoms with Crippen LogP contribution in [0.1, 0.15) is 49.8 Å². The first-order valence-electron chi connectivity index (χ1n) is 7.16. The molecule has 0 bridgehead atoms. The highest BCUT2D eigenvalue weighted by molar-refractivity contribution is 5.33. The zero-order valence-electron chi connectivity index (χ0n) is 12.8. The van der Waals surface area contributed by atoms with Gasteiger partial charge in [-0.15, -0.1) is 18.4 Å². The van der Waals surface area contributed by atoms with Crippen LogP contribution in [0.2, 0.25) is 0 Å². The van der Waals surface area contributed by atoms with Gasteiger partial charge in [0, 0.05) is 12.8 Å². The fraction of sp³-hybridized carbons (Fsp3) is 0.474. The Morgan fingerprint density at radius 2 is 2.00 bits per heavy atom. The highest BCUT2D eigenvalue weighted by Gasteiger charge is 2.00. The van der Waals surface area contributed by atoms with Crippen LogP contribution in [0.5, 0.6) is 0 Å². The quantitative estimate of drug-likeness (QED) is 0.498. The molecule has 0 heteroatoms. The summed E-state index contributed by atoms with van der Waals surface area (Å²) in [4.78, 5) is 0. The van der Waals surface area contributed by atoms with Crippen molar-refractivity contribution in [2.75, 3.05) is 0 Å². The maximum absolute atomic E-state index is 3.95. The molecule has 0 unspecified atom stereocenters. The lowest BCUT2D eigenvalue weighted by molar-refractivity contribution is 0.596. The molecule has 0 N–H and O–H groups in total. The van der Waals surface area contributed by atoms with Crippen molar-refractivity contribution < 1.29 is 0 Å². The molecule has 1 atom stereocenters. The molecular formula is C19H26. The van der Waals surface area contributed by atoms with Crippen LogP contribution in [0.15, 0.2) is 30.4 Å². The third kappa shape index (κ3) is 5.79. The molecule has 0 spiro atoms. The van der Waals surface area contributed by atoms with Crippen LogP contribution >= 0.6 is 0 Å².